The van der Waals surface area contributed by atoms with E-state index >= 15 is 0 Å². The summed E-state index contributed by atoms with van der Waals surface area (Å²) in [5.74, 6) is 0.771. The van der Waals surface area contributed by atoms with Crippen molar-refractivity contribution in [2.24, 2.45) is 0 Å². The van der Waals surface area contributed by atoms with E-state index in [-0.39, 0.29) is 11.5 Å². The van der Waals surface area contributed by atoms with Crippen LogP contribution in [0.3, 0.4) is 0 Å². The van der Waals surface area contributed by atoms with Crippen molar-refractivity contribution in [3.05, 3.63) is 37.0 Å². The minimum Gasteiger partial charge on any atom is -0.369 e. The maximum Gasteiger partial charge on any atom is 0.278 e. The molecule has 3 heterocycles. The number of thiophene rings is 1. The summed E-state index contributed by atoms with van der Waals surface area (Å²) >= 11 is 5.02. The molecule has 0 spiro atoms. The first kappa shape index (κ1) is 11.4. The number of fused-ring (bicyclic) bond motifs is 1. The SMILES string of the molecule is Nc1nc2nc(Cc3cc(Br)cs3)[nH]c2c(=O)[nH]1. The van der Waals surface area contributed by atoms with E-state index < -0.39 is 0 Å². The molecule has 3 rings (SSSR count). The zero-order chi connectivity index (χ0) is 12.7. The molecule has 8 heteroatoms. The van der Waals surface area contributed by atoms with Crippen LogP contribution in [0.2, 0.25) is 0 Å². The van der Waals surface area contributed by atoms with Gasteiger partial charge >= 0.3 is 0 Å². The molecule has 18 heavy (non-hydrogen) atoms. The number of aromatic nitrogens is 4. The molecule has 3 aromatic heterocycles. The number of anilines is 1. The Hall–Kier alpha value is -1.67. The highest BCUT2D eigenvalue weighted by molar-refractivity contribution is 9.10. The molecule has 6 nitrogen and oxygen atoms in total. The van der Waals surface area contributed by atoms with Crippen molar-refractivity contribution in [3.63, 3.8) is 0 Å². The Kier molecular flexibility index (Phi) is 2.67. The Labute approximate surface area is 113 Å². The van der Waals surface area contributed by atoms with Gasteiger partial charge in [-0.1, -0.05) is 0 Å². The molecule has 0 bridgehead atoms. The zero-order valence-corrected chi connectivity index (χ0v) is 11.4. The Morgan fingerprint density at radius 2 is 2.22 bits per heavy atom. The van der Waals surface area contributed by atoms with Crippen molar-refractivity contribution >= 4 is 44.4 Å². The molecule has 0 aliphatic rings. The van der Waals surface area contributed by atoms with Crippen molar-refractivity contribution < 1.29 is 0 Å². The van der Waals surface area contributed by atoms with Gasteiger partial charge in [-0.25, -0.2) is 4.98 Å². The normalized spacial score (nSPS) is 11.2. The van der Waals surface area contributed by atoms with E-state index in [9.17, 15) is 4.79 Å². The smallest absolute Gasteiger partial charge is 0.278 e. The van der Waals surface area contributed by atoms with Gasteiger partial charge < -0.3 is 10.7 Å². The lowest BCUT2D eigenvalue weighted by Crippen LogP contribution is -2.10. The van der Waals surface area contributed by atoms with Crippen LogP contribution in [0.1, 0.15) is 10.7 Å². The van der Waals surface area contributed by atoms with Crippen LogP contribution in [-0.4, -0.2) is 19.9 Å². The van der Waals surface area contributed by atoms with Crippen LogP contribution in [0, 0.1) is 0 Å². The van der Waals surface area contributed by atoms with Crippen molar-refractivity contribution in [1.82, 2.24) is 19.9 Å². The minimum atomic E-state index is -0.302. The van der Waals surface area contributed by atoms with E-state index in [1.165, 1.54) is 0 Å². The number of imidazole rings is 1. The van der Waals surface area contributed by atoms with Crippen LogP contribution in [-0.2, 0) is 6.42 Å². The summed E-state index contributed by atoms with van der Waals surface area (Å²) in [6, 6.07) is 2.02. The number of H-pyrrole nitrogens is 2. The Balaban J connectivity index is 2.03. The molecule has 0 saturated carbocycles. The minimum absolute atomic E-state index is 0.0735. The average molecular weight is 326 g/mol. The highest BCUT2D eigenvalue weighted by Crippen LogP contribution is 2.22. The number of rotatable bonds is 2. The predicted molar refractivity (Wildman–Crippen MR) is 73.7 cm³/mol. The predicted octanol–water partition coefficient (Wildman–Crippen LogP) is 1.64. The second kappa shape index (κ2) is 4.21. The molecule has 0 atom stereocenters. The lowest BCUT2D eigenvalue weighted by atomic mass is 10.3. The molecule has 0 saturated heterocycles. The molecule has 0 aliphatic carbocycles. The van der Waals surface area contributed by atoms with Crippen molar-refractivity contribution in [2.75, 3.05) is 5.73 Å². The fourth-order valence-corrected chi connectivity index (χ4v) is 3.12. The number of nitrogen functional groups attached to an aromatic ring is 1. The average Bonchev–Trinajstić information content (AvgIpc) is 2.85. The van der Waals surface area contributed by atoms with Gasteiger partial charge in [-0.15, -0.1) is 11.3 Å². The lowest BCUT2D eigenvalue weighted by molar-refractivity contribution is 1.05. The molecule has 0 aliphatic heterocycles. The monoisotopic (exact) mass is 325 g/mol. The van der Waals surface area contributed by atoms with Gasteiger partial charge in [0.2, 0.25) is 5.95 Å². The molecular weight excluding hydrogens is 318 g/mol. The quantitative estimate of drug-likeness (QED) is 0.666. The Morgan fingerprint density at radius 3 is 2.94 bits per heavy atom. The van der Waals surface area contributed by atoms with Crippen LogP contribution in [0.4, 0.5) is 5.95 Å². The molecule has 92 valence electrons. The van der Waals surface area contributed by atoms with Crippen molar-refractivity contribution in [1.29, 1.82) is 0 Å². The van der Waals surface area contributed by atoms with Gasteiger partial charge in [-0.3, -0.25) is 9.78 Å². The third-order valence-electron chi connectivity index (χ3n) is 2.39. The van der Waals surface area contributed by atoms with Gasteiger partial charge in [-0.2, -0.15) is 4.98 Å². The molecule has 0 aromatic carbocycles. The first-order chi connectivity index (χ1) is 8.61. The number of hydrogen-bond acceptors (Lipinski definition) is 5. The maximum absolute atomic E-state index is 11.6. The van der Waals surface area contributed by atoms with Gasteiger partial charge in [0.15, 0.2) is 11.2 Å². The van der Waals surface area contributed by atoms with Crippen LogP contribution < -0.4 is 11.3 Å². The number of hydrogen-bond donors (Lipinski definition) is 3. The summed E-state index contributed by atoms with van der Waals surface area (Å²) in [5, 5.41) is 2.00. The van der Waals surface area contributed by atoms with Gasteiger partial charge in [0.1, 0.15) is 5.82 Å². The topological polar surface area (TPSA) is 100 Å². The summed E-state index contributed by atoms with van der Waals surface area (Å²) < 4.78 is 1.04. The second-order valence-corrected chi connectivity index (χ2v) is 5.65. The largest absolute Gasteiger partial charge is 0.369 e. The van der Waals surface area contributed by atoms with Crippen LogP contribution in [0.25, 0.3) is 11.2 Å². The summed E-state index contributed by atoms with van der Waals surface area (Å²) in [7, 11) is 0. The van der Waals surface area contributed by atoms with Crippen molar-refractivity contribution in [2.45, 2.75) is 6.42 Å². The number of aromatic amines is 2. The summed E-state index contributed by atoms with van der Waals surface area (Å²) in [4.78, 5) is 26.4. The molecular formula is C10H8BrN5OS. The maximum atomic E-state index is 11.6. The first-order valence-corrected chi connectivity index (χ1v) is 6.76. The van der Waals surface area contributed by atoms with E-state index in [1.54, 1.807) is 11.3 Å². The third kappa shape index (κ3) is 2.04. The molecule has 0 amide bonds. The number of nitrogens with zero attached hydrogens (tertiary/aromatic N) is 2. The molecule has 0 fully saturated rings. The fraction of sp³-hybridized carbons (Fsp3) is 0.100. The van der Waals surface area contributed by atoms with Crippen LogP contribution in [0.15, 0.2) is 20.7 Å². The number of halogens is 1. The fourth-order valence-electron chi connectivity index (χ4n) is 1.67. The van der Waals surface area contributed by atoms with Crippen molar-refractivity contribution in [3.8, 4) is 0 Å². The zero-order valence-electron chi connectivity index (χ0n) is 9.03. The van der Waals surface area contributed by atoms with E-state index in [2.05, 4.69) is 35.9 Å². The Morgan fingerprint density at radius 1 is 1.39 bits per heavy atom. The lowest BCUT2D eigenvalue weighted by Gasteiger charge is -1.90. The van der Waals surface area contributed by atoms with E-state index in [1.807, 2.05) is 11.4 Å². The van der Waals surface area contributed by atoms with Gasteiger partial charge in [-0.05, 0) is 22.0 Å². The van der Waals surface area contributed by atoms with E-state index in [0.717, 1.165) is 9.35 Å². The second-order valence-electron chi connectivity index (χ2n) is 3.74. The third-order valence-corrected chi connectivity index (χ3v) is 4.09. The molecule has 3 aromatic rings. The molecule has 4 N–H and O–H groups in total. The van der Waals surface area contributed by atoms with E-state index in [4.69, 9.17) is 5.73 Å². The number of nitrogens with one attached hydrogen (secondary N) is 2. The van der Waals surface area contributed by atoms with Gasteiger partial charge in [0.05, 0.1) is 0 Å². The molecule has 0 radical (unpaired) electrons. The van der Waals surface area contributed by atoms with Gasteiger partial charge in [0, 0.05) is 21.2 Å². The molecule has 0 unspecified atom stereocenters. The van der Waals surface area contributed by atoms with Gasteiger partial charge in [0.25, 0.3) is 5.56 Å². The Bertz CT molecular complexity index is 774. The highest BCUT2D eigenvalue weighted by atomic mass is 79.9. The highest BCUT2D eigenvalue weighted by Gasteiger charge is 2.09. The summed E-state index contributed by atoms with van der Waals surface area (Å²) in [6.07, 6.45) is 0.631. The standard InChI is InChI=1S/C10H8BrN5OS/c11-4-1-5(18-3-4)2-6-13-7-8(14-6)15-10(12)16-9(7)17/h1,3H,2H2,(H4,12,13,14,15,16,17). The van der Waals surface area contributed by atoms with Crippen LogP contribution in [0.5, 0.6) is 0 Å². The summed E-state index contributed by atoms with van der Waals surface area (Å²) in [5.41, 5.74) is 5.87. The van der Waals surface area contributed by atoms with E-state index in [0.29, 0.717) is 23.4 Å². The number of nitrogens with two attached hydrogens (primary N) is 1. The summed E-state index contributed by atoms with van der Waals surface area (Å²) in [6.45, 7) is 0. The van der Waals surface area contributed by atoms with Crippen LogP contribution >= 0.6 is 27.3 Å². The first-order valence-electron chi connectivity index (χ1n) is 5.09.